The Bertz CT molecular complexity index is 1460. The molecule has 0 aromatic heterocycles. The zero-order chi connectivity index (χ0) is 19.9. The summed E-state index contributed by atoms with van der Waals surface area (Å²) < 4.78 is 0. The molecule has 0 atom stereocenters. The molecule has 0 radical (unpaired) electrons. The molecule has 0 amide bonds. The summed E-state index contributed by atoms with van der Waals surface area (Å²) in [6.07, 6.45) is 0. The number of rotatable bonds is 0. The SMILES string of the molecule is Clc1cccc2c1C1(c3ccccc3-c3ccccc31)c1ccc3ccccc3c1-2. The van der Waals surface area contributed by atoms with Gasteiger partial charge in [-0.3, -0.25) is 0 Å². The number of halogens is 1. The molecule has 1 spiro atoms. The normalized spacial score (nSPS) is 14.4. The largest absolute Gasteiger partial charge is 0.0840 e. The van der Waals surface area contributed by atoms with E-state index in [0.717, 1.165) is 5.02 Å². The second-order valence-corrected chi connectivity index (χ2v) is 8.62. The standard InChI is InChI=1S/C29H17Cl/c30-26-15-7-12-22-27-19-9-2-1-8-18(19)16-17-25(27)29(28(22)26)23-13-5-3-10-20(23)21-11-4-6-14-24(21)29/h1-17H. The lowest BCUT2D eigenvalue weighted by Crippen LogP contribution is -2.26. The van der Waals surface area contributed by atoms with E-state index in [2.05, 4.69) is 97.1 Å². The van der Waals surface area contributed by atoms with Crippen LogP contribution >= 0.6 is 11.6 Å². The molecule has 0 fully saturated rings. The van der Waals surface area contributed by atoms with Gasteiger partial charge in [-0.2, -0.15) is 0 Å². The second kappa shape index (κ2) is 5.62. The first kappa shape index (κ1) is 16.4. The average Bonchev–Trinajstić information content (AvgIpc) is 3.27. The zero-order valence-corrected chi connectivity index (χ0v) is 16.9. The molecule has 0 saturated carbocycles. The van der Waals surface area contributed by atoms with E-state index in [1.54, 1.807) is 0 Å². The second-order valence-electron chi connectivity index (χ2n) is 8.21. The fourth-order valence-corrected chi connectivity index (χ4v) is 6.23. The molecule has 0 heterocycles. The Morgan fingerprint density at radius 3 is 1.90 bits per heavy atom. The molecule has 5 aromatic rings. The predicted octanol–water partition coefficient (Wildman–Crippen LogP) is 7.84. The average molecular weight is 401 g/mol. The lowest BCUT2D eigenvalue weighted by Gasteiger charge is -2.31. The Morgan fingerprint density at radius 2 is 1.13 bits per heavy atom. The minimum atomic E-state index is -0.375. The highest BCUT2D eigenvalue weighted by Gasteiger charge is 2.52. The van der Waals surface area contributed by atoms with Crippen LogP contribution in [-0.2, 0) is 5.41 Å². The third kappa shape index (κ3) is 1.75. The van der Waals surface area contributed by atoms with Crippen molar-refractivity contribution in [3.8, 4) is 22.3 Å². The van der Waals surface area contributed by atoms with Crippen LogP contribution in [0.15, 0.2) is 103 Å². The summed E-state index contributed by atoms with van der Waals surface area (Å²) in [5.41, 5.74) is 10.0. The summed E-state index contributed by atoms with van der Waals surface area (Å²) in [4.78, 5) is 0. The molecule has 0 bridgehead atoms. The van der Waals surface area contributed by atoms with E-state index in [1.807, 2.05) is 6.07 Å². The Kier molecular flexibility index (Phi) is 3.08. The van der Waals surface area contributed by atoms with Crippen LogP contribution in [0.3, 0.4) is 0 Å². The van der Waals surface area contributed by atoms with Crippen LogP contribution in [0.2, 0.25) is 5.02 Å². The quantitative estimate of drug-likeness (QED) is 0.243. The van der Waals surface area contributed by atoms with Crippen molar-refractivity contribution in [2.45, 2.75) is 5.41 Å². The van der Waals surface area contributed by atoms with Gasteiger partial charge in [0.25, 0.3) is 0 Å². The molecular weight excluding hydrogens is 384 g/mol. The first-order valence-electron chi connectivity index (χ1n) is 10.3. The van der Waals surface area contributed by atoms with E-state index in [-0.39, 0.29) is 5.41 Å². The van der Waals surface area contributed by atoms with Crippen molar-refractivity contribution < 1.29 is 0 Å². The van der Waals surface area contributed by atoms with Gasteiger partial charge in [0, 0.05) is 5.02 Å². The van der Waals surface area contributed by atoms with Gasteiger partial charge in [0.1, 0.15) is 0 Å². The van der Waals surface area contributed by atoms with Gasteiger partial charge in [-0.25, -0.2) is 0 Å². The van der Waals surface area contributed by atoms with Crippen LogP contribution < -0.4 is 0 Å². The van der Waals surface area contributed by atoms with Crippen LogP contribution in [-0.4, -0.2) is 0 Å². The van der Waals surface area contributed by atoms with Gasteiger partial charge in [-0.05, 0) is 61.3 Å². The van der Waals surface area contributed by atoms with Gasteiger partial charge in [-0.15, -0.1) is 0 Å². The fraction of sp³-hybridized carbons (Fsp3) is 0.0345. The van der Waals surface area contributed by atoms with Crippen molar-refractivity contribution in [1.29, 1.82) is 0 Å². The van der Waals surface area contributed by atoms with E-state index in [0.29, 0.717) is 0 Å². The smallest absolute Gasteiger partial charge is 0.0740 e. The van der Waals surface area contributed by atoms with E-state index >= 15 is 0 Å². The summed E-state index contributed by atoms with van der Waals surface area (Å²) in [5, 5.41) is 3.38. The van der Waals surface area contributed by atoms with Gasteiger partial charge >= 0.3 is 0 Å². The van der Waals surface area contributed by atoms with Crippen molar-refractivity contribution in [1.82, 2.24) is 0 Å². The summed E-state index contributed by atoms with van der Waals surface area (Å²) in [7, 11) is 0. The summed E-state index contributed by atoms with van der Waals surface area (Å²) in [6.45, 7) is 0. The maximum Gasteiger partial charge on any atom is 0.0740 e. The van der Waals surface area contributed by atoms with Crippen molar-refractivity contribution in [3.05, 3.63) is 130 Å². The van der Waals surface area contributed by atoms with Crippen LogP contribution in [0.1, 0.15) is 22.3 Å². The molecular formula is C29H17Cl. The number of benzene rings is 5. The summed E-state index contributed by atoms with van der Waals surface area (Å²) in [5.74, 6) is 0. The van der Waals surface area contributed by atoms with Crippen molar-refractivity contribution >= 4 is 22.4 Å². The molecule has 0 saturated heterocycles. The minimum absolute atomic E-state index is 0.375. The molecule has 0 nitrogen and oxygen atoms in total. The topological polar surface area (TPSA) is 0 Å². The van der Waals surface area contributed by atoms with Gasteiger partial charge in [-0.1, -0.05) is 109 Å². The highest BCUT2D eigenvalue weighted by molar-refractivity contribution is 6.32. The van der Waals surface area contributed by atoms with E-state index in [9.17, 15) is 0 Å². The monoisotopic (exact) mass is 400 g/mol. The third-order valence-electron chi connectivity index (χ3n) is 6.94. The highest BCUT2D eigenvalue weighted by Crippen LogP contribution is 2.64. The lowest BCUT2D eigenvalue weighted by molar-refractivity contribution is 0.794. The van der Waals surface area contributed by atoms with E-state index < -0.39 is 0 Å². The third-order valence-corrected chi connectivity index (χ3v) is 7.26. The van der Waals surface area contributed by atoms with Gasteiger partial charge in [0.05, 0.1) is 5.41 Å². The molecule has 1 heteroatoms. The Labute approximate surface area is 180 Å². The summed E-state index contributed by atoms with van der Waals surface area (Å²) in [6, 6.07) is 37.3. The number of fused-ring (bicyclic) bond motifs is 12. The van der Waals surface area contributed by atoms with E-state index in [4.69, 9.17) is 11.6 Å². The maximum atomic E-state index is 7.01. The van der Waals surface area contributed by atoms with E-state index in [1.165, 1.54) is 55.3 Å². The molecule has 0 unspecified atom stereocenters. The van der Waals surface area contributed by atoms with Gasteiger partial charge in [0.15, 0.2) is 0 Å². The van der Waals surface area contributed by atoms with Crippen LogP contribution in [0.25, 0.3) is 33.0 Å². The zero-order valence-electron chi connectivity index (χ0n) is 16.2. The molecule has 30 heavy (non-hydrogen) atoms. The number of hydrogen-bond acceptors (Lipinski definition) is 0. The molecule has 7 rings (SSSR count). The Hall–Kier alpha value is -3.35. The molecule has 0 aliphatic heterocycles. The molecule has 2 aliphatic rings. The molecule has 140 valence electrons. The lowest BCUT2D eigenvalue weighted by atomic mass is 9.70. The van der Waals surface area contributed by atoms with Crippen molar-refractivity contribution in [3.63, 3.8) is 0 Å². The Balaban J connectivity index is 1.78. The van der Waals surface area contributed by atoms with Gasteiger partial charge in [0.2, 0.25) is 0 Å². The first-order chi connectivity index (χ1) is 14.8. The molecule has 0 N–H and O–H groups in total. The maximum absolute atomic E-state index is 7.01. The first-order valence-corrected chi connectivity index (χ1v) is 10.7. The fourth-order valence-electron chi connectivity index (χ4n) is 5.92. The highest BCUT2D eigenvalue weighted by atomic mass is 35.5. The predicted molar refractivity (Wildman–Crippen MR) is 125 cm³/mol. The van der Waals surface area contributed by atoms with Crippen LogP contribution in [0.5, 0.6) is 0 Å². The summed E-state index contributed by atoms with van der Waals surface area (Å²) >= 11 is 7.01. The van der Waals surface area contributed by atoms with Gasteiger partial charge < -0.3 is 0 Å². The minimum Gasteiger partial charge on any atom is -0.0840 e. The Morgan fingerprint density at radius 1 is 0.500 bits per heavy atom. The molecule has 5 aromatic carbocycles. The van der Waals surface area contributed by atoms with Crippen LogP contribution in [0.4, 0.5) is 0 Å². The number of hydrogen-bond donors (Lipinski definition) is 0. The molecule has 2 aliphatic carbocycles. The van der Waals surface area contributed by atoms with Crippen molar-refractivity contribution in [2.75, 3.05) is 0 Å². The van der Waals surface area contributed by atoms with Crippen molar-refractivity contribution in [2.24, 2.45) is 0 Å². The van der Waals surface area contributed by atoms with Crippen LogP contribution in [0, 0.1) is 0 Å².